The largest absolute Gasteiger partial charge is 0.354 e. The molecular weight excluding hydrogens is 496 g/mol. The van der Waals surface area contributed by atoms with Crippen LogP contribution < -0.4 is 0 Å². The molecule has 0 saturated heterocycles. The van der Waals surface area contributed by atoms with Gasteiger partial charge in [0.1, 0.15) is 0 Å². The Morgan fingerprint density at radius 3 is 2.05 bits per heavy atom. The minimum absolute atomic E-state index is 0.798. The van der Waals surface area contributed by atoms with E-state index in [4.69, 9.17) is 4.99 Å². The molecule has 5 aromatic rings. The van der Waals surface area contributed by atoms with E-state index in [0.29, 0.717) is 0 Å². The van der Waals surface area contributed by atoms with Crippen LogP contribution in [0.25, 0.3) is 33.2 Å². The van der Waals surface area contributed by atoms with Crippen LogP contribution >= 0.6 is 0 Å². The molecule has 2 heterocycles. The monoisotopic (exact) mass is 532 g/mol. The van der Waals surface area contributed by atoms with Gasteiger partial charge >= 0.3 is 0 Å². The first-order chi connectivity index (χ1) is 20.2. The molecule has 1 N–H and O–H groups in total. The van der Waals surface area contributed by atoms with Gasteiger partial charge in [0.15, 0.2) is 0 Å². The second-order valence-electron chi connectivity index (χ2n) is 11.6. The van der Waals surface area contributed by atoms with E-state index in [9.17, 15) is 0 Å². The number of nitrogens with one attached hydrogen (secondary N) is 1. The van der Waals surface area contributed by atoms with Gasteiger partial charge in [0.2, 0.25) is 0 Å². The van der Waals surface area contributed by atoms with Crippen LogP contribution in [-0.4, -0.2) is 10.7 Å². The zero-order chi connectivity index (χ0) is 27.6. The van der Waals surface area contributed by atoms with E-state index < -0.39 is 0 Å². The summed E-state index contributed by atoms with van der Waals surface area (Å²) in [5, 5.41) is 2.54. The average molecular weight is 533 g/mol. The second kappa shape index (κ2) is 11.2. The van der Waals surface area contributed by atoms with Crippen LogP contribution in [0.1, 0.15) is 60.9 Å². The van der Waals surface area contributed by atoms with Gasteiger partial charge < -0.3 is 4.98 Å². The highest BCUT2D eigenvalue weighted by atomic mass is 14.8. The number of hydrogen-bond acceptors (Lipinski definition) is 1. The molecule has 0 amide bonds. The van der Waals surface area contributed by atoms with Crippen LogP contribution in [0.5, 0.6) is 0 Å². The Labute approximate surface area is 243 Å². The molecule has 0 unspecified atom stereocenters. The third-order valence-electron chi connectivity index (χ3n) is 8.84. The number of aromatic amines is 1. The molecule has 7 rings (SSSR count). The molecule has 0 spiro atoms. The highest BCUT2D eigenvalue weighted by Crippen LogP contribution is 2.43. The molecule has 0 radical (unpaired) electrons. The zero-order valence-electron chi connectivity index (χ0n) is 23.7. The van der Waals surface area contributed by atoms with E-state index >= 15 is 0 Å². The standard InChI is InChI=1S/C39H36N2/c1-27-20-23-31(24-21-27)37-32-18-10-11-19-33(32)38(41-37)34(25-22-28-12-8-9-13-28)39-35(29-14-4-2-5-15-29)26-36(40-39)30-16-6-3-7-17-30/h2-7,10-11,14-21,23-24,26,28,41H,8-9,12-13,22,25H2,1H3/b39-34-. The summed E-state index contributed by atoms with van der Waals surface area (Å²) in [4.78, 5) is 9.37. The van der Waals surface area contributed by atoms with Crippen LogP contribution in [0.15, 0.2) is 126 Å². The van der Waals surface area contributed by atoms with Crippen LogP contribution in [0.4, 0.5) is 0 Å². The lowest BCUT2D eigenvalue weighted by Gasteiger charge is -2.16. The number of aryl methyl sites for hydroxylation is 1. The highest BCUT2D eigenvalue weighted by Gasteiger charge is 2.26. The molecule has 4 aromatic carbocycles. The summed E-state index contributed by atoms with van der Waals surface area (Å²) in [6, 6.07) is 39.1. The molecule has 2 aliphatic rings. The first-order valence-corrected chi connectivity index (χ1v) is 15.1. The van der Waals surface area contributed by atoms with Crippen molar-refractivity contribution in [2.75, 3.05) is 0 Å². The van der Waals surface area contributed by atoms with Crippen molar-refractivity contribution in [1.29, 1.82) is 0 Å². The van der Waals surface area contributed by atoms with E-state index in [0.717, 1.165) is 29.3 Å². The fourth-order valence-electron chi connectivity index (χ4n) is 6.62. The molecule has 202 valence electrons. The van der Waals surface area contributed by atoms with Crippen molar-refractivity contribution in [2.45, 2.75) is 45.4 Å². The van der Waals surface area contributed by atoms with Crippen molar-refractivity contribution in [3.05, 3.63) is 143 Å². The number of fused-ring (bicyclic) bond motifs is 1. The number of nitrogens with zero attached hydrogens (tertiary/aromatic N) is 1. The molecule has 2 heteroatoms. The Balaban J connectivity index is 1.45. The third kappa shape index (κ3) is 5.11. The summed E-state index contributed by atoms with van der Waals surface area (Å²) in [5.74, 6) is 0.798. The Morgan fingerprint density at radius 1 is 0.707 bits per heavy atom. The van der Waals surface area contributed by atoms with Crippen molar-refractivity contribution in [3.63, 3.8) is 0 Å². The first-order valence-electron chi connectivity index (χ1n) is 15.1. The topological polar surface area (TPSA) is 28.1 Å². The lowest BCUT2D eigenvalue weighted by atomic mass is 9.91. The first kappa shape index (κ1) is 25.5. The summed E-state index contributed by atoms with van der Waals surface area (Å²) >= 11 is 0. The number of aromatic nitrogens is 1. The van der Waals surface area contributed by atoms with E-state index in [1.165, 1.54) is 82.1 Å². The molecule has 1 fully saturated rings. The minimum Gasteiger partial charge on any atom is -0.354 e. The van der Waals surface area contributed by atoms with Gasteiger partial charge in [0, 0.05) is 27.5 Å². The number of benzene rings is 4. The summed E-state index contributed by atoms with van der Waals surface area (Å²) in [7, 11) is 0. The number of allylic oxidation sites excluding steroid dienone is 3. The fraction of sp³-hybridized carbons (Fsp3) is 0.205. The van der Waals surface area contributed by atoms with Gasteiger partial charge in [-0.1, -0.05) is 140 Å². The lowest BCUT2D eigenvalue weighted by molar-refractivity contribution is 0.511. The predicted octanol–water partition coefficient (Wildman–Crippen LogP) is 10.4. The second-order valence-corrected chi connectivity index (χ2v) is 11.6. The SMILES string of the molecule is Cc1ccc(-c2[nH]c(/C(CCC3CCCC3)=C3\N=C(c4ccccc4)C=C3c3ccccc3)c3ccccc23)cc1. The maximum atomic E-state index is 5.42. The van der Waals surface area contributed by atoms with Crippen LogP contribution in [0.3, 0.4) is 0 Å². The maximum Gasteiger partial charge on any atom is 0.0769 e. The van der Waals surface area contributed by atoms with Gasteiger partial charge in [0.05, 0.1) is 22.8 Å². The Hall–Kier alpha value is -4.43. The van der Waals surface area contributed by atoms with Crippen LogP contribution in [-0.2, 0) is 0 Å². The van der Waals surface area contributed by atoms with E-state index in [1.54, 1.807) is 0 Å². The van der Waals surface area contributed by atoms with Crippen molar-refractivity contribution >= 4 is 27.6 Å². The fourth-order valence-corrected chi connectivity index (χ4v) is 6.62. The van der Waals surface area contributed by atoms with Gasteiger partial charge in [0.25, 0.3) is 0 Å². The van der Waals surface area contributed by atoms with Crippen molar-refractivity contribution in [3.8, 4) is 11.3 Å². The number of hydrogen-bond donors (Lipinski definition) is 1. The molecule has 0 bridgehead atoms. The van der Waals surface area contributed by atoms with Crippen molar-refractivity contribution in [1.82, 2.24) is 4.98 Å². The highest BCUT2D eigenvalue weighted by molar-refractivity contribution is 6.19. The molecule has 41 heavy (non-hydrogen) atoms. The Kier molecular flexibility index (Phi) is 6.98. The van der Waals surface area contributed by atoms with Gasteiger partial charge in [-0.3, -0.25) is 0 Å². The smallest absolute Gasteiger partial charge is 0.0769 e. The van der Waals surface area contributed by atoms with E-state index in [-0.39, 0.29) is 0 Å². The quantitative estimate of drug-likeness (QED) is 0.216. The van der Waals surface area contributed by atoms with Gasteiger partial charge in [-0.2, -0.15) is 0 Å². The molecule has 1 aliphatic heterocycles. The van der Waals surface area contributed by atoms with Crippen LogP contribution in [0.2, 0.25) is 0 Å². The molecule has 2 nitrogen and oxygen atoms in total. The van der Waals surface area contributed by atoms with Crippen molar-refractivity contribution in [2.24, 2.45) is 10.9 Å². The normalized spacial score (nSPS) is 16.7. The molecular formula is C39H36N2. The minimum atomic E-state index is 0.798. The zero-order valence-corrected chi connectivity index (χ0v) is 23.7. The van der Waals surface area contributed by atoms with Gasteiger partial charge in [-0.25, -0.2) is 4.99 Å². The molecule has 1 aromatic heterocycles. The van der Waals surface area contributed by atoms with Crippen molar-refractivity contribution < 1.29 is 0 Å². The summed E-state index contributed by atoms with van der Waals surface area (Å²) < 4.78 is 0. The van der Waals surface area contributed by atoms with Gasteiger partial charge in [-0.05, 0) is 42.9 Å². The lowest BCUT2D eigenvalue weighted by Crippen LogP contribution is -1.99. The number of aliphatic imine (C=N–C) groups is 1. The summed E-state index contributed by atoms with van der Waals surface area (Å²) in [5.41, 5.74) is 11.9. The van der Waals surface area contributed by atoms with Crippen LogP contribution in [0, 0.1) is 12.8 Å². The van der Waals surface area contributed by atoms with Gasteiger partial charge in [-0.15, -0.1) is 0 Å². The molecule has 1 aliphatic carbocycles. The molecule has 0 atom stereocenters. The Bertz CT molecular complexity index is 1760. The number of rotatable bonds is 7. The predicted molar refractivity (Wildman–Crippen MR) is 174 cm³/mol. The summed E-state index contributed by atoms with van der Waals surface area (Å²) in [6.45, 7) is 2.15. The third-order valence-corrected chi connectivity index (χ3v) is 8.84. The van der Waals surface area contributed by atoms with E-state index in [2.05, 4.69) is 127 Å². The summed E-state index contributed by atoms with van der Waals surface area (Å²) in [6.07, 6.45) is 9.93. The number of H-pyrrole nitrogens is 1. The molecule has 1 saturated carbocycles. The maximum absolute atomic E-state index is 5.42. The average Bonchev–Trinajstić information content (AvgIpc) is 3.79. The van der Waals surface area contributed by atoms with E-state index in [1.807, 2.05) is 0 Å². The Morgan fingerprint density at radius 2 is 1.34 bits per heavy atom.